The maximum atomic E-state index is 5.93. The lowest BCUT2D eigenvalue weighted by atomic mass is 10.1. The molecule has 20 heavy (non-hydrogen) atoms. The van der Waals surface area contributed by atoms with E-state index in [1.165, 1.54) is 0 Å². The average Bonchev–Trinajstić information content (AvgIpc) is 2.32. The number of ether oxygens (including phenoxy) is 1. The first-order valence-electron chi connectivity index (χ1n) is 7.26. The lowest BCUT2D eigenvalue weighted by molar-refractivity contribution is 0.277. The molecule has 1 rings (SSSR count). The summed E-state index contributed by atoms with van der Waals surface area (Å²) in [6.45, 7) is 11.0. The Balaban J connectivity index is 2.60. The standard InChI is InChI=1S/C16H29N3O/c1-13-10-15(20-9-7-8-19(5)6)14(11-17-13)12-18-16(2,3)4/h10-11,18H,7-9,12H2,1-6H3. The molecule has 0 aliphatic rings. The predicted molar refractivity (Wildman–Crippen MR) is 84.2 cm³/mol. The molecule has 0 atom stereocenters. The third-order valence-electron chi connectivity index (χ3n) is 2.90. The zero-order chi connectivity index (χ0) is 15.2. The van der Waals surface area contributed by atoms with Crippen molar-refractivity contribution in [3.63, 3.8) is 0 Å². The van der Waals surface area contributed by atoms with Gasteiger partial charge in [-0.05, 0) is 48.2 Å². The van der Waals surface area contributed by atoms with Crippen LogP contribution in [0.2, 0.25) is 0 Å². The second-order valence-electron chi connectivity index (χ2n) is 6.54. The molecule has 0 radical (unpaired) electrons. The fourth-order valence-electron chi connectivity index (χ4n) is 1.75. The number of hydrogen-bond donors (Lipinski definition) is 1. The van der Waals surface area contributed by atoms with Gasteiger partial charge in [0.05, 0.1) is 6.61 Å². The van der Waals surface area contributed by atoms with Gasteiger partial charge in [0, 0.05) is 42.1 Å². The van der Waals surface area contributed by atoms with Gasteiger partial charge in [0.2, 0.25) is 0 Å². The van der Waals surface area contributed by atoms with E-state index < -0.39 is 0 Å². The Morgan fingerprint density at radius 2 is 2.00 bits per heavy atom. The average molecular weight is 279 g/mol. The number of pyridine rings is 1. The maximum Gasteiger partial charge on any atom is 0.127 e. The van der Waals surface area contributed by atoms with Gasteiger partial charge in [0.25, 0.3) is 0 Å². The minimum Gasteiger partial charge on any atom is -0.493 e. The monoisotopic (exact) mass is 279 g/mol. The summed E-state index contributed by atoms with van der Waals surface area (Å²) in [7, 11) is 4.16. The van der Waals surface area contributed by atoms with Crippen LogP contribution in [0, 0.1) is 6.92 Å². The first kappa shape index (κ1) is 16.9. The molecular formula is C16H29N3O. The van der Waals surface area contributed by atoms with Crippen LogP contribution < -0.4 is 10.1 Å². The zero-order valence-electron chi connectivity index (χ0n) is 13.8. The molecule has 0 aliphatic carbocycles. The SMILES string of the molecule is Cc1cc(OCCCN(C)C)c(CNC(C)(C)C)cn1. The summed E-state index contributed by atoms with van der Waals surface area (Å²) in [6, 6.07) is 2.02. The van der Waals surface area contributed by atoms with E-state index in [4.69, 9.17) is 4.74 Å². The fourth-order valence-corrected chi connectivity index (χ4v) is 1.75. The van der Waals surface area contributed by atoms with Crippen LogP contribution in [0.4, 0.5) is 0 Å². The summed E-state index contributed by atoms with van der Waals surface area (Å²) in [4.78, 5) is 6.54. The summed E-state index contributed by atoms with van der Waals surface area (Å²) in [5.74, 6) is 0.952. The van der Waals surface area contributed by atoms with Crippen molar-refractivity contribution in [2.75, 3.05) is 27.2 Å². The second-order valence-corrected chi connectivity index (χ2v) is 6.54. The number of aromatic nitrogens is 1. The van der Waals surface area contributed by atoms with Gasteiger partial charge in [-0.3, -0.25) is 4.98 Å². The first-order valence-corrected chi connectivity index (χ1v) is 7.26. The van der Waals surface area contributed by atoms with Gasteiger partial charge >= 0.3 is 0 Å². The Morgan fingerprint density at radius 3 is 2.60 bits per heavy atom. The van der Waals surface area contributed by atoms with E-state index >= 15 is 0 Å². The molecule has 1 heterocycles. The topological polar surface area (TPSA) is 37.4 Å². The van der Waals surface area contributed by atoms with Crippen molar-refractivity contribution >= 4 is 0 Å². The number of aryl methyl sites for hydroxylation is 1. The van der Waals surface area contributed by atoms with Crippen molar-refractivity contribution in [3.05, 3.63) is 23.5 Å². The van der Waals surface area contributed by atoms with Gasteiger partial charge in [0.15, 0.2) is 0 Å². The van der Waals surface area contributed by atoms with E-state index in [9.17, 15) is 0 Å². The van der Waals surface area contributed by atoms with Crippen LogP contribution in [-0.4, -0.2) is 42.7 Å². The molecule has 1 aromatic rings. The Bertz CT molecular complexity index is 411. The van der Waals surface area contributed by atoms with Crippen molar-refractivity contribution in [3.8, 4) is 5.75 Å². The summed E-state index contributed by atoms with van der Waals surface area (Å²) in [5.41, 5.74) is 2.20. The molecule has 0 aromatic carbocycles. The number of nitrogens with zero attached hydrogens (tertiary/aromatic N) is 2. The van der Waals surface area contributed by atoms with Crippen LogP contribution in [0.1, 0.15) is 38.4 Å². The number of hydrogen-bond acceptors (Lipinski definition) is 4. The quantitative estimate of drug-likeness (QED) is 0.779. The minimum absolute atomic E-state index is 0.0904. The highest BCUT2D eigenvalue weighted by atomic mass is 16.5. The molecular weight excluding hydrogens is 250 g/mol. The lowest BCUT2D eigenvalue weighted by Crippen LogP contribution is -2.35. The van der Waals surface area contributed by atoms with Crippen molar-refractivity contribution < 1.29 is 4.74 Å². The third kappa shape index (κ3) is 6.87. The van der Waals surface area contributed by atoms with E-state index in [1.54, 1.807) is 0 Å². The Hall–Kier alpha value is -1.13. The highest BCUT2D eigenvalue weighted by Gasteiger charge is 2.11. The summed E-state index contributed by atoms with van der Waals surface area (Å²) in [5, 5.41) is 3.48. The van der Waals surface area contributed by atoms with Crippen molar-refractivity contribution in [1.29, 1.82) is 0 Å². The van der Waals surface area contributed by atoms with Crippen LogP contribution >= 0.6 is 0 Å². The van der Waals surface area contributed by atoms with Gasteiger partial charge in [-0.15, -0.1) is 0 Å². The van der Waals surface area contributed by atoms with Crippen molar-refractivity contribution in [2.45, 2.75) is 46.2 Å². The van der Waals surface area contributed by atoms with Crippen LogP contribution in [0.3, 0.4) is 0 Å². The highest BCUT2D eigenvalue weighted by molar-refractivity contribution is 5.32. The third-order valence-corrected chi connectivity index (χ3v) is 2.90. The summed E-state index contributed by atoms with van der Waals surface area (Å²) < 4.78 is 5.93. The summed E-state index contributed by atoms with van der Waals surface area (Å²) in [6.07, 6.45) is 2.94. The molecule has 4 nitrogen and oxygen atoms in total. The van der Waals surface area contributed by atoms with Gasteiger partial charge in [-0.1, -0.05) is 0 Å². The fraction of sp³-hybridized carbons (Fsp3) is 0.688. The minimum atomic E-state index is 0.0904. The van der Waals surface area contributed by atoms with Crippen molar-refractivity contribution in [1.82, 2.24) is 15.2 Å². The molecule has 0 aliphatic heterocycles. The van der Waals surface area contributed by atoms with E-state index in [0.29, 0.717) is 0 Å². The Morgan fingerprint density at radius 1 is 1.30 bits per heavy atom. The van der Waals surface area contributed by atoms with Crippen LogP contribution in [0.5, 0.6) is 5.75 Å². The lowest BCUT2D eigenvalue weighted by Gasteiger charge is -2.21. The smallest absolute Gasteiger partial charge is 0.127 e. The molecule has 0 saturated carbocycles. The molecule has 114 valence electrons. The molecule has 0 spiro atoms. The largest absolute Gasteiger partial charge is 0.493 e. The Kier molecular flexibility index (Phi) is 6.43. The normalized spacial score (nSPS) is 11.9. The molecule has 1 aromatic heterocycles. The van der Waals surface area contributed by atoms with Gasteiger partial charge < -0.3 is 15.0 Å². The van der Waals surface area contributed by atoms with E-state index in [-0.39, 0.29) is 5.54 Å². The van der Waals surface area contributed by atoms with Crippen molar-refractivity contribution in [2.24, 2.45) is 0 Å². The highest BCUT2D eigenvalue weighted by Crippen LogP contribution is 2.19. The van der Waals surface area contributed by atoms with Gasteiger partial charge in [0.1, 0.15) is 5.75 Å². The van der Waals surface area contributed by atoms with Gasteiger partial charge in [-0.25, -0.2) is 0 Å². The molecule has 0 fully saturated rings. The second kappa shape index (κ2) is 7.60. The van der Waals surface area contributed by atoms with Crippen LogP contribution in [0.15, 0.2) is 12.3 Å². The molecule has 4 heteroatoms. The Labute approximate surface area is 123 Å². The van der Waals surface area contributed by atoms with Gasteiger partial charge in [-0.2, -0.15) is 0 Å². The zero-order valence-corrected chi connectivity index (χ0v) is 13.8. The molecule has 0 unspecified atom stereocenters. The van der Waals surface area contributed by atoms with E-state index in [2.05, 4.69) is 50.1 Å². The van der Waals surface area contributed by atoms with E-state index in [0.717, 1.165) is 43.1 Å². The first-order chi connectivity index (χ1) is 9.28. The molecule has 0 saturated heterocycles. The van der Waals surface area contributed by atoms with E-state index in [1.807, 2.05) is 19.2 Å². The van der Waals surface area contributed by atoms with Crippen LogP contribution in [0.25, 0.3) is 0 Å². The number of rotatable bonds is 7. The van der Waals surface area contributed by atoms with Crippen LogP contribution in [-0.2, 0) is 6.54 Å². The molecule has 1 N–H and O–H groups in total. The maximum absolute atomic E-state index is 5.93. The predicted octanol–water partition coefficient (Wildman–Crippen LogP) is 2.61. The molecule has 0 bridgehead atoms. The summed E-state index contributed by atoms with van der Waals surface area (Å²) >= 11 is 0. The number of nitrogens with one attached hydrogen (secondary N) is 1. The molecule has 0 amide bonds.